The second kappa shape index (κ2) is 2.73. The Bertz CT molecular complexity index is 202. The number of halogens is 1. The minimum absolute atomic E-state index is 0.245. The molecule has 2 nitrogen and oxygen atoms in total. The van der Waals surface area contributed by atoms with Crippen molar-refractivity contribution in [2.24, 2.45) is 0 Å². The standard InChI is InChI=1S/C6H6BrNO/c7-8-5-3-1-2-4-6(5)9/h1-4,8-9H. The second-order valence-corrected chi connectivity index (χ2v) is 2.01. The minimum atomic E-state index is 0.245. The van der Waals surface area contributed by atoms with Crippen LogP contribution in [0.4, 0.5) is 5.69 Å². The Kier molecular flexibility index (Phi) is 1.95. The van der Waals surface area contributed by atoms with Gasteiger partial charge in [0.25, 0.3) is 0 Å². The van der Waals surface area contributed by atoms with Gasteiger partial charge in [0.15, 0.2) is 0 Å². The van der Waals surface area contributed by atoms with Crippen molar-refractivity contribution in [3.63, 3.8) is 0 Å². The molecule has 0 atom stereocenters. The van der Waals surface area contributed by atoms with Crippen LogP contribution < -0.4 is 4.34 Å². The second-order valence-electron chi connectivity index (χ2n) is 1.61. The number of rotatable bonds is 1. The Labute approximate surface area is 61.9 Å². The van der Waals surface area contributed by atoms with Gasteiger partial charge in [-0.1, -0.05) is 12.1 Å². The molecular formula is C6H6BrNO. The predicted molar refractivity (Wildman–Crippen MR) is 40.7 cm³/mol. The SMILES string of the molecule is Oc1ccccc1NBr. The van der Waals surface area contributed by atoms with Crippen molar-refractivity contribution in [2.75, 3.05) is 4.34 Å². The molecule has 9 heavy (non-hydrogen) atoms. The van der Waals surface area contributed by atoms with Crippen LogP contribution >= 0.6 is 16.1 Å². The zero-order valence-corrected chi connectivity index (χ0v) is 6.22. The van der Waals surface area contributed by atoms with Crippen molar-refractivity contribution in [3.8, 4) is 5.75 Å². The molecule has 0 saturated heterocycles. The number of hydrogen-bond acceptors (Lipinski definition) is 2. The van der Waals surface area contributed by atoms with Crippen LogP contribution in [0.2, 0.25) is 0 Å². The van der Waals surface area contributed by atoms with Crippen LogP contribution in [0.15, 0.2) is 24.3 Å². The molecule has 0 fully saturated rings. The maximum absolute atomic E-state index is 9.02. The van der Waals surface area contributed by atoms with Crippen molar-refractivity contribution in [2.45, 2.75) is 0 Å². The van der Waals surface area contributed by atoms with Crippen molar-refractivity contribution in [1.82, 2.24) is 0 Å². The summed E-state index contributed by atoms with van der Waals surface area (Å²) in [5, 5.41) is 9.02. The monoisotopic (exact) mass is 187 g/mol. The highest BCUT2D eigenvalue weighted by molar-refractivity contribution is 9.10. The molecule has 0 aromatic heterocycles. The van der Waals surface area contributed by atoms with Crippen LogP contribution in [0.5, 0.6) is 5.75 Å². The number of phenols is 1. The summed E-state index contributed by atoms with van der Waals surface area (Å²) in [6.07, 6.45) is 0. The maximum Gasteiger partial charge on any atom is 0.139 e. The Morgan fingerprint density at radius 2 is 2.00 bits per heavy atom. The lowest BCUT2D eigenvalue weighted by atomic mass is 10.3. The highest BCUT2D eigenvalue weighted by Crippen LogP contribution is 2.21. The van der Waals surface area contributed by atoms with Gasteiger partial charge in [0.1, 0.15) is 5.75 Å². The van der Waals surface area contributed by atoms with Crippen molar-refractivity contribution in [3.05, 3.63) is 24.3 Å². The van der Waals surface area contributed by atoms with Gasteiger partial charge >= 0.3 is 0 Å². The molecule has 0 saturated carbocycles. The number of anilines is 1. The quantitative estimate of drug-likeness (QED) is 0.522. The Morgan fingerprint density at radius 1 is 1.33 bits per heavy atom. The van der Waals surface area contributed by atoms with E-state index in [1.54, 1.807) is 18.2 Å². The first-order valence-corrected chi connectivity index (χ1v) is 3.28. The van der Waals surface area contributed by atoms with Crippen LogP contribution in [0.3, 0.4) is 0 Å². The van der Waals surface area contributed by atoms with Crippen molar-refractivity contribution in [1.29, 1.82) is 0 Å². The van der Waals surface area contributed by atoms with E-state index in [1.807, 2.05) is 6.07 Å². The Hall–Kier alpha value is -0.700. The van der Waals surface area contributed by atoms with Gasteiger partial charge in [-0.15, -0.1) is 0 Å². The number of para-hydroxylation sites is 2. The largest absolute Gasteiger partial charge is 0.506 e. The number of nitrogens with one attached hydrogen (secondary N) is 1. The lowest BCUT2D eigenvalue weighted by Crippen LogP contribution is -1.77. The number of benzene rings is 1. The third kappa shape index (κ3) is 1.36. The minimum Gasteiger partial charge on any atom is -0.506 e. The first-order valence-electron chi connectivity index (χ1n) is 2.49. The molecule has 2 N–H and O–H groups in total. The van der Waals surface area contributed by atoms with E-state index < -0.39 is 0 Å². The lowest BCUT2D eigenvalue weighted by Gasteiger charge is -1.98. The van der Waals surface area contributed by atoms with Gasteiger partial charge in [-0.3, -0.25) is 0 Å². The summed E-state index contributed by atoms with van der Waals surface area (Å²) in [7, 11) is 0. The van der Waals surface area contributed by atoms with Crippen LogP contribution in [-0.4, -0.2) is 5.11 Å². The average molecular weight is 188 g/mol. The fraction of sp³-hybridized carbons (Fsp3) is 0. The maximum atomic E-state index is 9.02. The van der Waals surface area contributed by atoms with E-state index in [0.717, 1.165) is 0 Å². The molecule has 3 heteroatoms. The predicted octanol–water partition coefficient (Wildman–Crippen LogP) is 2.11. The van der Waals surface area contributed by atoms with Gasteiger partial charge in [-0.2, -0.15) is 0 Å². The van der Waals surface area contributed by atoms with Gasteiger partial charge < -0.3 is 9.45 Å². The average Bonchev–Trinajstić information content (AvgIpc) is 1.89. The van der Waals surface area contributed by atoms with E-state index in [4.69, 9.17) is 5.11 Å². The van der Waals surface area contributed by atoms with Crippen LogP contribution in [-0.2, 0) is 0 Å². The number of phenolic OH excluding ortho intramolecular Hbond substituents is 1. The molecular weight excluding hydrogens is 182 g/mol. The highest BCUT2D eigenvalue weighted by Gasteiger charge is 1.92. The fourth-order valence-electron chi connectivity index (χ4n) is 0.554. The summed E-state index contributed by atoms with van der Waals surface area (Å²) < 4.78 is 2.66. The van der Waals surface area contributed by atoms with E-state index >= 15 is 0 Å². The molecule has 1 aromatic carbocycles. The number of hydrogen-bond donors (Lipinski definition) is 2. The zero-order chi connectivity index (χ0) is 6.69. The third-order valence-electron chi connectivity index (χ3n) is 1.01. The van der Waals surface area contributed by atoms with Crippen LogP contribution in [0.1, 0.15) is 0 Å². The van der Waals surface area contributed by atoms with Gasteiger partial charge in [0.2, 0.25) is 0 Å². The van der Waals surface area contributed by atoms with E-state index in [9.17, 15) is 0 Å². The summed E-state index contributed by atoms with van der Waals surface area (Å²) >= 11 is 3.00. The molecule has 1 aromatic rings. The smallest absolute Gasteiger partial charge is 0.139 e. The van der Waals surface area contributed by atoms with Crippen molar-refractivity contribution < 1.29 is 5.11 Å². The fourth-order valence-corrected chi connectivity index (χ4v) is 0.889. The lowest BCUT2D eigenvalue weighted by molar-refractivity contribution is 0.478. The third-order valence-corrected chi connectivity index (χ3v) is 1.43. The first kappa shape index (κ1) is 6.42. The summed E-state index contributed by atoms with van der Waals surface area (Å²) in [6.45, 7) is 0. The topological polar surface area (TPSA) is 32.3 Å². The van der Waals surface area contributed by atoms with Gasteiger partial charge in [0, 0.05) is 16.1 Å². The molecule has 0 amide bonds. The summed E-state index contributed by atoms with van der Waals surface area (Å²) in [6, 6.07) is 6.99. The number of aromatic hydroxyl groups is 1. The Balaban J connectivity index is 3.01. The van der Waals surface area contributed by atoms with Crippen LogP contribution in [0.25, 0.3) is 0 Å². The highest BCUT2D eigenvalue weighted by atomic mass is 79.9. The molecule has 0 aliphatic carbocycles. The Morgan fingerprint density at radius 3 is 2.44 bits per heavy atom. The zero-order valence-electron chi connectivity index (χ0n) is 4.63. The van der Waals surface area contributed by atoms with E-state index in [-0.39, 0.29) is 5.75 Å². The van der Waals surface area contributed by atoms with E-state index in [1.165, 1.54) is 0 Å². The molecule has 0 unspecified atom stereocenters. The van der Waals surface area contributed by atoms with Gasteiger partial charge in [0.05, 0.1) is 5.69 Å². The normalized spacial score (nSPS) is 9.00. The van der Waals surface area contributed by atoms with Crippen LogP contribution in [0, 0.1) is 0 Å². The first-order chi connectivity index (χ1) is 4.34. The molecule has 0 spiro atoms. The molecule has 0 bridgehead atoms. The molecule has 0 heterocycles. The van der Waals surface area contributed by atoms with Crippen molar-refractivity contribution >= 4 is 21.8 Å². The summed E-state index contributed by atoms with van der Waals surface area (Å²) in [4.78, 5) is 0. The molecule has 1 rings (SSSR count). The molecule has 48 valence electrons. The van der Waals surface area contributed by atoms with Gasteiger partial charge in [-0.25, -0.2) is 0 Å². The molecule has 0 radical (unpaired) electrons. The summed E-state index contributed by atoms with van der Waals surface area (Å²) in [5.74, 6) is 0.245. The van der Waals surface area contributed by atoms with Gasteiger partial charge in [-0.05, 0) is 12.1 Å². The van der Waals surface area contributed by atoms with E-state index in [2.05, 4.69) is 20.5 Å². The summed E-state index contributed by atoms with van der Waals surface area (Å²) in [5.41, 5.74) is 0.678. The molecule has 0 aliphatic rings. The van der Waals surface area contributed by atoms with E-state index in [0.29, 0.717) is 5.69 Å². The molecule has 0 aliphatic heterocycles.